The van der Waals surface area contributed by atoms with Crippen molar-refractivity contribution in [2.75, 3.05) is 6.61 Å². The molecule has 2 N–H and O–H groups in total. The highest BCUT2D eigenvalue weighted by atomic mass is 16.5. The maximum absolute atomic E-state index is 11.7. The van der Waals surface area contributed by atoms with Crippen molar-refractivity contribution in [1.29, 1.82) is 0 Å². The van der Waals surface area contributed by atoms with Gasteiger partial charge in [-0.2, -0.15) is 0 Å². The van der Waals surface area contributed by atoms with Crippen LogP contribution in [0.25, 0.3) is 0 Å². The Morgan fingerprint density at radius 1 is 1.12 bits per heavy atom. The van der Waals surface area contributed by atoms with Gasteiger partial charge in [-0.15, -0.1) is 0 Å². The van der Waals surface area contributed by atoms with Gasteiger partial charge in [0, 0.05) is 5.41 Å². The van der Waals surface area contributed by atoms with Crippen molar-refractivity contribution in [2.45, 2.75) is 37.5 Å². The van der Waals surface area contributed by atoms with E-state index < -0.39 is 11.9 Å². The van der Waals surface area contributed by atoms with Gasteiger partial charge in [0.1, 0.15) is 5.75 Å². The summed E-state index contributed by atoms with van der Waals surface area (Å²) < 4.78 is 5.35. The van der Waals surface area contributed by atoms with E-state index in [4.69, 9.17) is 9.84 Å². The first-order chi connectivity index (χ1) is 12.0. The van der Waals surface area contributed by atoms with E-state index in [-0.39, 0.29) is 18.4 Å². The zero-order valence-electron chi connectivity index (χ0n) is 14.0. The molecule has 0 saturated heterocycles. The number of rotatable bonds is 6. The molecule has 1 spiro atoms. The molecule has 4 aliphatic carbocycles. The van der Waals surface area contributed by atoms with E-state index in [9.17, 15) is 14.7 Å². The van der Waals surface area contributed by atoms with Crippen LogP contribution in [0.15, 0.2) is 24.3 Å². The minimum atomic E-state index is -1.01. The molecular formula is C20H22O5. The standard InChI is InChI=1S/C20H22O5/c21-17(22)9-20(12-2-1-3-14(6-12)25-10-18(23)24)15-5-11-4-13-7-16(20)19(13,15)8-11/h1-3,6,11,13,15-16H,4-5,7-10H2,(H,21,22)(H,23,24). The molecule has 1 aromatic carbocycles. The van der Waals surface area contributed by atoms with Crippen LogP contribution >= 0.6 is 0 Å². The Bertz CT molecular complexity index is 773. The molecule has 6 atom stereocenters. The average molecular weight is 342 g/mol. The van der Waals surface area contributed by atoms with E-state index in [1.807, 2.05) is 18.2 Å². The van der Waals surface area contributed by atoms with Gasteiger partial charge in [-0.05, 0) is 72.5 Å². The van der Waals surface area contributed by atoms with Crippen molar-refractivity contribution < 1.29 is 24.5 Å². The number of carboxylic acids is 2. The third-order valence-electron chi connectivity index (χ3n) is 7.83. The number of hydrogen-bond donors (Lipinski definition) is 2. The second-order valence-corrected chi connectivity index (χ2v) is 8.51. The summed E-state index contributed by atoms with van der Waals surface area (Å²) in [5.41, 5.74) is 1.16. The van der Waals surface area contributed by atoms with Crippen molar-refractivity contribution in [2.24, 2.45) is 29.1 Å². The highest BCUT2D eigenvalue weighted by Gasteiger charge is 2.83. The van der Waals surface area contributed by atoms with Crippen LogP contribution in [0, 0.1) is 29.1 Å². The number of benzene rings is 1. The molecule has 0 amide bonds. The summed E-state index contributed by atoms with van der Waals surface area (Å²) in [6.07, 6.45) is 5.12. The summed E-state index contributed by atoms with van der Waals surface area (Å²) in [6.45, 7) is -0.379. The summed E-state index contributed by atoms with van der Waals surface area (Å²) in [4.78, 5) is 22.5. The Hall–Kier alpha value is -2.04. The molecule has 1 aromatic rings. The number of carbonyl (C=O) groups is 2. The normalized spacial score (nSPS) is 42.2. The van der Waals surface area contributed by atoms with Crippen LogP contribution in [-0.2, 0) is 15.0 Å². The topological polar surface area (TPSA) is 83.8 Å². The second kappa shape index (κ2) is 4.77. The largest absolute Gasteiger partial charge is 0.482 e. The number of fused-ring (bicyclic) bond motifs is 1. The van der Waals surface area contributed by atoms with Gasteiger partial charge in [0.05, 0.1) is 6.42 Å². The molecule has 0 aliphatic heterocycles. The molecule has 4 aliphatic rings. The average Bonchev–Trinajstić information content (AvgIpc) is 3.07. The van der Waals surface area contributed by atoms with E-state index >= 15 is 0 Å². The van der Waals surface area contributed by atoms with Crippen LogP contribution < -0.4 is 4.74 Å². The summed E-state index contributed by atoms with van der Waals surface area (Å²) in [5.74, 6) is 1.30. The van der Waals surface area contributed by atoms with Crippen molar-refractivity contribution in [1.82, 2.24) is 0 Å². The molecule has 4 fully saturated rings. The van der Waals surface area contributed by atoms with Gasteiger partial charge < -0.3 is 14.9 Å². The number of ether oxygens (including phenoxy) is 1. The Balaban J connectivity index is 1.52. The highest BCUT2D eigenvalue weighted by Crippen LogP contribution is 2.87. The molecular weight excluding hydrogens is 320 g/mol. The molecule has 5 rings (SSSR count). The maximum atomic E-state index is 11.7. The molecule has 2 bridgehead atoms. The van der Waals surface area contributed by atoms with Gasteiger partial charge in [-0.3, -0.25) is 4.79 Å². The lowest BCUT2D eigenvalue weighted by molar-refractivity contribution is -0.251. The van der Waals surface area contributed by atoms with E-state index in [0.717, 1.165) is 30.2 Å². The predicted octanol–water partition coefficient (Wildman–Crippen LogP) is 2.93. The highest BCUT2D eigenvalue weighted by molar-refractivity contribution is 5.71. The Labute approximate surface area is 146 Å². The second-order valence-electron chi connectivity index (χ2n) is 8.51. The first-order valence-corrected chi connectivity index (χ1v) is 9.13. The monoisotopic (exact) mass is 342 g/mol. The summed E-state index contributed by atoms with van der Waals surface area (Å²) in [6, 6.07) is 7.52. The first kappa shape index (κ1) is 15.2. The fraction of sp³-hybridized carbons (Fsp3) is 0.600. The minimum Gasteiger partial charge on any atom is -0.482 e. The fourth-order valence-electron chi connectivity index (χ4n) is 7.41. The fourth-order valence-corrected chi connectivity index (χ4v) is 7.41. The van der Waals surface area contributed by atoms with E-state index in [0.29, 0.717) is 23.0 Å². The van der Waals surface area contributed by atoms with Crippen LogP contribution in [0.5, 0.6) is 5.75 Å². The third kappa shape index (κ3) is 1.74. The van der Waals surface area contributed by atoms with Gasteiger partial charge in [0.25, 0.3) is 0 Å². The zero-order valence-corrected chi connectivity index (χ0v) is 14.0. The summed E-state index contributed by atoms with van der Waals surface area (Å²) >= 11 is 0. The van der Waals surface area contributed by atoms with Gasteiger partial charge >= 0.3 is 11.9 Å². The molecule has 4 saturated carbocycles. The van der Waals surface area contributed by atoms with Crippen LogP contribution in [-0.4, -0.2) is 28.8 Å². The van der Waals surface area contributed by atoms with Gasteiger partial charge in [-0.1, -0.05) is 12.1 Å². The van der Waals surface area contributed by atoms with Crippen LogP contribution in [0.4, 0.5) is 0 Å². The van der Waals surface area contributed by atoms with Gasteiger partial charge in [-0.25, -0.2) is 4.79 Å². The lowest BCUT2D eigenvalue weighted by atomic mass is 9.27. The minimum absolute atomic E-state index is 0.173. The summed E-state index contributed by atoms with van der Waals surface area (Å²) in [5, 5.41) is 18.5. The Morgan fingerprint density at radius 3 is 2.64 bits per heavy atom. The molecule has 5 nitrogen and oxygen atoms in total. The number of aliphatic carboxylic acids is 2. The van der Waals surface area contributed by atoms with E-state index in [1.165, 1.54) is 12.8 Å². The summed E-state index contributed by atoms with van der Waals surface area (Å²) in [7, 11) is 0. The van der Waals surface area contributed by atoms with Gasteiger partial charge in [0.2, 0.25) is 0 Å². The Kier molecular flexibility index (Phi) is 2.91. The van der Waals surface area contributed by atoms with Crippen LogP contribution in [0.1, 0.15) is 37.7 Å². The van der Waals surface area contributed by atoms with Crippen molar-refractivity contribution >= 4 is 11.9 Å². The van der Waals surface area contributed by atoms with Crippen LogP contribution in [0.3, 0.4) is 0 Å². The lowest BCUT2D eigenvalue weighted by Crippen LogP contribution is -2.74. The van der Waals surface area contributed by atoms with E-state index in [2.05, 4.69) is 0 Å². The molecule has 0 heterocycles. The predicted molar refractivity (Wildman–Crippen MR) is 88.4 cm³/mol. The van der Waals surface area contributed by atoms with E-state index in [1.54, 1.807) is 6.07 Å². The lowest BCUT2D eigenvalue weighted by Gasteiger charge is -2.76. The Morgan fingerprint density at radius 2 is 1.92 bits per heavy atom. The quantitative estimate of drug-likeness (QED) is 0.830. The van der Waals surface area contributed by atoms with Crippen molar-refractivity contribution in [3.63, 3.8) is 0 Å². The maximum Gasteiger partial charge on any atom is 0.341 e. The molecule has 6 unspecified atom stereocenters. The SMILES string of the molecule is O=C(O)COc1cccc(C2(CC(=O)O)C3CC4CC5CC2C53C4)c1. The van der Waals surface area contributed by atoms with Gasteiger partial charge in [0.15, 0.2) is 6.61 Å². The number of carboxylic acid groups (broad SMARTS) is 2. The smallest absolute Gasteiger partial charge is 0.341 e. The molecule has 0 aromatic heterocycles. The zero-order chi connectivity index (χ0) is 17.4. The first-order valence-electron chi connectivity index (χ1n) is 9.13. The van der Waals surface area contributed by atoms with Crippen molar-refractivity contribution in [3.8, 4) is 5.75 Å². The molecule has 0 radical (unpaired) electrons. The van der Waals surface area contributed by atoms with Crippen LogP contribution in [0.2, 0.25) is 0 Å². The molecule has 25 heavy (non-hydrogen) atoms. The molecule has 132 valence electrons. The molecule has 5 heteroatoms. The number of hydrogen-bond acceptors (Lipinski definition) is 3. The van der Waals surface area contributed by atoms with Crippen molar-refractivity contribution in [3.05, 3.63) is 29.8 Å². The third-order valence-corrected chi connectivity index (χ3v) is 7.83.